The summed E-state index contributed by atoms with van der Waals surface area (Å²) in [5, 5.41) is 12.2. The Morgan fingerprint density at radius 1 is 1.09 bits per heavy atom. The second-order valence-electron chi connectivity index (χ2n) is 7.75. The Balaban J connectivity index is 1.59. The van der Waals surface area contributed by atoms with Crippen molar-refractivity contribution in [2.75, 3.05) is 13.1 Å². The van der Waals surface area contributed by atoms with E-state index in [1.54, 1.807) is 4.90 Å². The first-order valence-corrected chi connectivity index (χ1v) is 10.3. The van der Waals surface area contributed by atoms with E-state index in [0.717, 1.165) is 6.54 Å². The minimum atomic E-state index is -1.72. The summed E-state index contributed by atoms with van der Waals surface area (Å²) in [5.41, 5.74) is 0.0461. The van der Waals surface area contributed by atoms with Crippen molar-refractivity contribution in [3.63, 3.8) is 0 Å². The lowest BCUT2D eigenvalue weighted by molar-refractivity contribution is -0.131. The summed E-state index contributed by atoms with van der Waals surface area (Å²) < 4.78 is 4.87. The standard InChI is InChI=1S/C21H20ClN5O5/c1-11-9-27(12(2)8-26(11)10-13-6-4-3-5-7-13)20(29)16-18(22)24-19-15(23-16)14(25-32-19)17(28)21(30)31/h3-7,11-12H,8-10H2,1-2H3,(H,30,31)/t11-,12+/m0/s1. The molecule has 1 N–H and O–H groups in total. The summed E-state index contributed by atoms with van der Waals surface area (Å²) in [4.78, 5) is 48.2. The molecule has 1 aliphatic rings. The van der Waals surface area contributed by atoms with Crippen molar-refractivity contribution in [2.45, 2.75) is 32.5 Å². The van der Waals surface area contributed by atoms with Crippen LogP contribution in [0.4, 0.5) is 0 Å². The molecule has 11 heteroatoms. The van der Waals surface area contributed by atoms with Crippen LogP contribution in [0.25, 0.3) is 11.2 Å². The molecule has 3 heterocycles. The molecule has 1 amide bonds. The van der Waals surface area contributed by atoms with Crippen LogP contribution in [-0.4, -0.2) is 72.9 Å². The smallest absolute Gasteiger partial charge is 0.379 e. The highest BCUT2D eigenvalue weighted by atomic mass is 35.5. The SMILES string of the molecule is C[C@@H]1CN(Cc2ccccc2)[C@@H](C)CN1C(=O)c1nc2c(C(=O)C(=O)O)noc2nc1Cl. The van der Waals surface area contributed by atoms with Crippen molar-refractivity contribution in [1.29, 1.82) is 0 Å². The molecule has 2 aromatic heterocycles. The number of aromatic nitrogens is 3. The molecule has 0 radical (unpaired) electrons. The van der Waals surface area contributed by atoms with Gasteiger partial charge in [-0.1, -0.05) is 47.1 Å². The number of halogens is 1. The van der Waals surface area contributed by atoms with Gasteiger partial charge in [0.15, 0.2) is 22.1 Å². The zero-order chi connectivity index (χ0) is 23.0. The van der Waals surface area contributed by atoms with Gasteiger partial charge >= 0.3 is 5.97 Å². The Bertz CT molecular complexity index is 1200. The van der Waals surface area contributed by atoms with Crippen molar-refractivity contribution in [2.24, 2.45) is 0 Å². The molecule has 4 rings (SSSR count). The van der Waals surface area contributed by atoms with Gasteiger partial charge in [-0.3, -0.25) is 14.5 Å². The van der Waals surface area contributed by atoms with Crippen molar-refractivity contribution in [3.05, 3.63) is 52.4 Å². The first kappa shape index (κ1) is 21.8. The highest BCUT2D eigenvalue weighted by molar-refractivity contribution is 6.41. The molecule has 2 atom stereocenters. The number of ketones is 1. The number of benzene rings is 1. The number of carboxylic acids is 1. The van der Waals surface area contributed by atoms with E-state index >= 15 is 0 Å². The molecule has 166 valence electrons. The van der Waals surface area contributed by atoms with Crippen molar-refractivity contribution >= 4 is 40.5 Å². The second kappa shape index (κ2) is 8.64. The van der Waals surface area contributed by atoms with Crippen LogP contribution in [0.2, 0.25) is 5.15 Å². The molecule has 0 spiro atoms. The molecule has 1 aromatic carbocycles. The quantitative estimate of drug-likeness (QED) is 0.452. The molecule has 0 bridgehead atoms. The summed E-state index contributed by atoms with van der Waals surface area (Å²) in [6, 6.07) is 10.0. The average Bonchev–Trinajstić information content (AvgIpc) is 3.17. The summed E-state index contributed by atoms with van der Waals surface area (Å²) in [6.45, 7) is 5.82. The van der Waals surface area contributed by atoms with Crippen LogP contribution >= 0.6 is 11.6 Å². The first-order chi connectivity index (χ1) is 15.3. The van der Waals surface area contributed by atoms with E-state index in [0.29, 0.717) is 13.1 Å². The summed E-state index contributed by atoms with van der Waals surface area (Å²) in [5.74, 6) is -3.49. The number of aliphatic carboxylic acids is 1. The molecular weight excluding hydrogens is 438 g/mol. The monoisotopic (exact) mass is 457 g/mol. The Labute approximate surface area is 187 Å². The number of hydrogen-bond acceptors (Lipinski definition) is 8. The largest absolute Gasteiger partial charge is 0.475 e. The van der Waals surface area contributed by atoms with Crippen LogP contribution in [0, 0.1) is 0 Å². The molecule has 0 saturated carbocycles. The Morgan fingerprint density at radius 3 is 2.50 bits per heavy atom. The fourth-order valence-corrected chi connectivity index (χ4v) is 3.99. The average molecular weight is 458 g/mol. The van der Waals surface area contributed by atoms with Crippen LogP contribution in [0.15, 0.2) is 34.9 Å². The van der Waals surface area contributed by atoms with E-state index in [9.17, 15) is 14.4 Å². The first-order valence-electron chi connectivity index (χ1n) is 9.95. The molecule has 1 saturated heterocycles. The van der Waals surface area contributed by atoms with Gasteiger partial charge in [0.25, 0.3) is 17.4 Å². The van der Waals surface area contributed by atoms with Crippen LogP contribution < -0.4 is 0 Å². The number of Topliss-reactive ketones (excluding diaryl/α,β-unsaturated/α-hetero) is 1. The van der Waals surface area contributed by atoms with Crippen LogP contribution in [-0.2, 0) is 11.3 Å². The fraction of sp³-hybridized carbons (Fsp3) is 0.333. The normalized spacial score (nSPS) is 19.3. The molecule has 3 aromatic rings. The van der Waals surface area contributed by atoms with Gasteiger partial charge in [-0.2, -0.15) is 4.98 Å². The van der Waals surface area contributed by atoms with E-state index in [1.165, 1.54) is 5.56 Å². The second-order valence-corrected chi connectivity index (χ2v) is 8.11. The van der Waals surface area contributed by atoms with Gasteiger partial charge in [0.2, 0.25) is 0 Å². The number of carbonyl (C=O) groups is 3. The van der Waals surface area contributed by atoms with E-state index in [4.69, 9.17) is 21.2 Å². The topological polar surface area (TPSA) is 130 Å². The highest BCUT2D eigenvalue weighted by Gasteiger charge is 2.35. The van der Waals surface area contributed by atoms with E-state index in [1.807, 2.05) is 32.0 Å². The van der Waals surface area contributed by atoms with E-state index in [-0.39, 0.29) is 34.2 Å². The lowest BCUT2D eigenvalue weighted by Gasteiger charge is -2.44. The molecule has 10 nitrogen and oxygen atoms in total. The van der Waals surface area contributed by atoms with Gasteiger partial charge in [0.1, 0.15) is 0 Å². The highest BCUT2D eigenvalue weighted by Crippen LogP contribution is 2.25. The molecule has 1 aliphatic heterocycles. The minimum Gasteiger partial charge on any atom is -0.475 e. The van der Waals surface area contributed by atoms with Gasteiger partial charge in [0, 0.05) is 31.7 Å². The number of hydrogen-bond donors (Lipinski definition) is 1. The van der Waals surface area contributed by atoms with Gasteiger partial charge in [0.05, 0.1) is 0 Å². The maximum Gasteiger partial charge on any atom is 0.379 e. The molecule has 0 unspecified atom stereocenters. The van der Waals surface area contributed by atoms with Gasteiger partial charge < -0.3 is 14.5 Å². The summed E-state index contributed by atoms with van der Waals surface area (Å²) in [6.07, 6.45) is 0. The zero-order valence-electron chi connectivity index (χ0n) is 17.4. The number of nitrogens with zero attached hydrogens (tertiary/aromatic N) is 5. The Morgan fingerprint density at radius 2 is 1.81 bits per heavy atom. The van der Waals surface area contributed by atoms with Gasteiger partial charge in [-0.15, -0.1) is 0 Å². The van der Waals surface area contributed by atoms with Crippen molar-refractivity contribution < 1.29 is 24.0 Å². The number of amides is 1. The third-order valence-corrected chi connectivity index (χ3v) is 5.75. The van der Waals surface area contributed by atoms with Crippen LogP contribution in [0.5, 0.6) is 0 Å². The van der Waals surface area contributed by atoms with Crippen molar-refractivity contribution in [3.8, 4) is 0 Å². The maximum absolute atomic E-state index is 13.3. The zero-order valence-corrected chi connectivity index (χ0v) is 18.1. The van der Waals surface area contributed by atoms with Crippen LogP contribution in [0.3, 0.4) is 0 Å². The van der Waals surface area contributed by atoms with E-state index in [2.05, 4.69) is 32.2 Å². The number of rotatable bonds is 5. The number of piperazine rings is 1. The van der Waals surface area contributed by atoms with Gasteiger partial charge in [-0.05, 0) is 19.4 Å². The third kappa shape index (κ3) is 4.06. The molecule has 0 aliphatic carbocycles. The van der Waals surface area contributed by atoms with Crippen molar-refractivity contribution in [1.82, 2.24) is 24.9 Å². The lowest BCUT2D eigenvalue weighted by atomic mass is 10.1. The maximum atomic E-state index is 13.3. The fourth-order valence-electron chi connectivity index (χ4n) is 3.79. The van der Waals surface area contributed by atoms with Crippen LogP contribution in [0.1, 0.15) is 40.4 Å². The summed E-state index contributed by atoms with van der Waals surface area (Å²) >= 11 is 6.17. The Kier molecular flexibility index (Phi) is 5.90. The minimum absolute atomic E-state index is 0.0746. The lowest BCUT2D eigenvalue weighted by Crippen LogP contribution is -2.57. The molecule has 32 heavy (non-hydrogen) atoms. The summed E-state index contributed by atoms with van der Waals surface area (Å²) in [7, 11) is 0. The van der Waals surface area contributed by atoms with E-state index < -0.39 is 23.4 Å². The third-order valence-electron chi connectivity index (χ3n) is 5.49. The predicted octanol–water partition coefficient (Wildman–Crippen LogP) is 2.27. The number of carbonyl (C=O) groups excluding carboxylic acids is 2. The molecule has 1 fully saturated rings. The van der Waals surface area contributed by atoms with Gasteiger partial charge in [-0.25, -0.2) is 9.78 Å². The predicted molar refractivity (Wildman–Crippen MR) is 113 cm³/mol. The number of carboxylic acid groups (broad SMARTS) is 1. The molecular formula is C21H20ClN5O5. The Hall–Kier alpha value is -3.37. The number of fused-ring (bicyclic) bond motifs is 1.